The number of hydrogen-bond acceptors (Lipinski definition) is 3. The number of carbonyl (C=O) groups is 2. The number of nitrogens with zero attached hydrogens (tertiary/aromatic N) is 1. The third kappa shape index (κ3) is 2.70. The molecule has 0 aromatic heterocycles. The van der Waals surface area contributed by atoms with Crippen LogP contribution in [-0.4, -0.2) is 24.3 Å². The molecule has 1 rings (SSSR count). The maximum atomic E-state index is 10.7. The Hall–Kier alpha value is -1.65. The lowest BCUT2D eigenvalue weighted by atomic mass is 10.2. The first-order valence-corrected chi connectivity index (χ1v) is 3.91. The average Bonchev–Trinajstić information content (AvgIpc) is 2.30. The molecule has 1 fully saturated rings. The molecule has 5 nitrogen and oxygen atoms in total. The summed E-state index contributed by atoms with van der Waals surface area (Å²) in [4.78, 5) is 25.3. The van der Waals surface area contributed by atoms with E-state index < -0.39 is 11.8 Å². The zero-order valence-electron chi connectivity index (χ0n) is 7.39. The molecule has 13 heavy (non-hydrogen) atoms. The van der Waals surface area contributed by atoms with Gasteiger partial charge in [0.25, 0.3) is 0 Å². The Balaban J connectivity index is 2.41. The van der Waals surface area contributed by atoms with Gasteiger partial charge in [0.05, 0.1) is 0 Å². The maximum absolute atomic E-state index is 10.7. The molecule has 2 N–H and O–H groups in total. The lowest BCUT2D eigenvalue weighted by Gasteiger charge is -1.96. The first-order chi connectivity index (χ1) is 6.09. The fourth-order valence-electron chi connectivity index (χ4n) is 0.797. The third-order valence-corrected chi connectivity index (χ3v) is 1.48. The van der Waals surface area contributed by atoms with Crippen molar-refractivity contribution in [2.45, 2.75) is 13.3 Å². The predicted molar refractivity (Wildman–Crippen MR) is 48.0 cm³/mol. The van der Waals surface area contributed by atoms with E-state index >= 15 is 0 Å². The van der Waals surface area contributed by atoms with E-state index in [2.05, 4.69) is 22.2 Å². The van der Waals surface area contributed by atoms with Crippen LogP contribution in [0.1, 0.15) is 13.3 Å². The topological polar surface area (TPSA) is 70.6 Å². The zero-order chi connectivity index (χ0) is 9.84. The van der Waals surface area contributed by atoms with E-state index in [1.54, 1.807) is 0 Å². The molecule has 0 aliphatic carbocycles. The number of amides is 2. The predicted octanol–water partition coefficient (Wildman–Crippen LogP) is -0.445. The zero-order valence-corrected chi connectivity index (χ0v) is 7.39. The molecule has 0 bridgehead atoms. The summed E-state index contributed by atoms with van der Waals surface area (Å²) in [5.41, 5.74) is 1.01. The van der Waals surface area contributed by atoms with Crippen LogP contribution >= 0.6 is 0 Å². The van der Waals surface area contributed by atoms with Crippen molar-refractivity contribution in [3.63, 3.8) is 0 Å². The summed E-state index contributed by atoms with van der Waals surface area (Å²) >= 11 is 0. The average molecular weight is 181 g/mol. The largest absolute Gasteiger partial charge is 0.316 e. The number of hydrogen-bond donors (Lipinski definition) is 2. The number of guanidine groups is 1. The van der Waals surface area contributed by atoms with Crippen LogP contribution in [0.15, 0.2) is 17.1 Å². The quantitative estimate of drug-likeness (QED) is 0.457. The Kier molecular flexibility index (Phi) is 2.79. The fourth-order valence-corrected chi connectivity index (χ4v) is 0.797. The molecule has 0 spiro atoms. The van der Waals surface area contributed by atoms with Gasteiger partial charge in [-0.1, -0.05) is 5.57 Å². The molecule has 0 radical (unpaired) electrons. The normalized spacial score (nSPS) is 15.3. The highest BCUT2D eigenvalue weighted by molar-refractivity contribution is 6.45. The van der Waals surface area contributed by atoms with Gasteiger partial charge >= 0.3 is 11.8 Å². The second-order valence-corrected chi connectivity index (χ2v) is 2.85. The van der Waals surface area contributed by atoms with Crippen LogP contribution in [0.4, 0.5) is 0 Å². The minimum absolute atomic E-state index is 0.233. The highest BCUT2D eigenvalue weighted by Crippen LogP contribution is 1.95. The van der Waals surface area contributed by atoms with Gasteiger partial charge in [-0.25, -0.2) is 0 Å². The standard InChI is InChI=1S/C8H11N3O2/c1-5(2)3-4-9-8-10-6(12)7(13)11-8/h1,3-4H2,2H3,(H2,9,10,11,12,13). The van der Waals surface area contributed by atoms with E-state index in [0.29, 0.717) is 6.54 Å². The minimum atomic E-state index is -0.658. The van der Waals surface area contributed by atoms with Gasteiger partial charge in [-0.2, -0.15) is 0 Å². The Bertz CT molecular complexity index is 276. The van der Waals surface area contributed by atoms with E-state index in [-0.39, 0.29) is 5.96 Å². The van der Waals surface area contributed by atoms with Gasteiger partial charge in [-0.05, 0) is 13.3 Å². The molecular formula is C8H11N3O2. The van der Waals surface area contributed by atoms with Crippen molar-refractivity contribution in [1.29, 1.82) is 0 Å². The van der Waals surface area contributed by atoms with Crippen molar-refractivity contribution in [2.24, 2.45) is 4.99 Å². The number of carbonyl (C=O) groups excluding carboxylic acids is 2. The van der Waals surface area contributed by atoms with Gasteiger partial charge in [-0.15, -0.1) is 6.58 Å². The Morgan fingerprint density at radius 1 is 1.38 bits per heavy atom. The van der Waals surface area contributed by atoms with E-state index in [4.69, 9.17) is 0 Å². The minimum Gasteiger partial charge on any atom is -0.288 e. The summed E-state index contributed by atoms with van der Waals surface area (Å²) in [5, 5.41) is 4.60. The molecule has 1 saturated heterocycles. The summed E-state index contributed by atoms with van der Waals surface area (Å²) in [6.07, 6.45) is 0.745. The first-order valence-electron chi connectivity index (χ1n) is 3.91. The fraction of sp³-hybridized carbons (Fsp3) is 0.375. The lowest BCUT2D eigenvalue weighted by molar-refractivity contribution is -0.135. The molecule has 2 amide bonds. The Morgan fingerprint density at radius 2 is 1.92 bits per heavy atom. The third-order valence-electron chi connectivity index (χ3n) is 1.48. The number of rotatable bonds is 3. The van der Waals surface area contributed by atoms with Crippen molar-refractivity contribution in [2.75, 3.05) is 6.54 Å². The molecule has 70 valence electrons. The van der Waals surface area contributed by atoms with Gasteiger partial charge in [0.2, 0.25) is 5.96 Å². The highest BCUT2D eigenvalue weighted by atomic mass is 16.2. The van der Waals surface area contributed by atoms with Crippen molar-refractivity contribution in [1.82, 2.24) is 10.6 Å². The van der Waals surface area contributed by atoms with Crippen LogP contribution < -0.4 is 10.6 Å². The van der Waals surface area contributed by atoms with Crippen molar-refractivity contribution >= 4 is 17.8 Å². The van der Waals surface area contributed by atoms with Gasteiger partial charge < -0.3 is 0 Å². The van der Waals surface area contributed by atoms with Gasteiger partial charge in [0, 0.05) is 6.54 Å². The van der Waals surface area contributed by atoms with Crippen LogP contribution in [0.5, 0.6) is 0 Å². The Morgan fingerprint density at radius 3 is 2.38 bits per heavy atom. The van der Waals surface area contributed by atoms with E-state index in [0.717, 1.165) is 12.0 Å². The smallest absolute Gasteiger partial charge is 0.288 e. The van der Waals surface area contributed by atoms with Crippen molar-refractivity contribution in [3.05, 3.63) is 12.2 Å². The molecular weight excluding hydrogens is 170 g/mol. The molecule has 5 heteroatoms. The van der Waals surface area contributed by atoms with E-state index in [9.17, 15) is 9.59 Å². The second-order valence-electron chi connectivity index (χ2n) is 2.85. The van der Waals surface area contributed by atoms with Gasteiger partial charge in [0.1, 0.15) is 0 Å². The highest BCUT2D eigenvalue weighted by Gasteiger charge is 2.24. The maximum Gasteiger partial charge on any atom is 0.316 e. The number of nitrogens with one attached hydrogen (secondary N) is 2. The summed E-state index contributed by atoms with van der Waals surface area (Å²) in [5.74, 6) is -1.08. The van der Waals surface area contributed by atoms with Crippen LogP contribution in [0.2, 0.25) is 0 Å². The van der Waals surface area contributed by atoms with E-state index in [1.165, 1.54) is 0 Å². The molecule has 1 heterocycles. The van der Waals surface area contributed by atoms with Crippen LogP contribution in [0.3, 0.4) is 0 Å². The number of aliphatic imine (C=N–C) groups is 1. The molecule has 0 atom stereocenters. The summed E-state index contributed by atoms with van der Waals surface area (Å²) in [6, 6.07) is 0. The monoisotopic (exact) mass is 181 g/mol. The van der Waals surface area contributed by atoms with Crippen LogP contribution in [0.25, 0.3) is 0 Å². The van der Waals surface area contributed by atoms with E-state index in [1.807, 2.05) is 6.92 Å². The van der Waals surface area contributed by atoms with Gasteiger partial charge in [0.15, 0.2) is 0 Å². The molecule has 1 aliphatic heterocycles. The van der Waals surface area contributed by atoms with Crippen LogP contribution in [0, 0.1) is 0 Å². The van der Waals surface area contributed by atoms with Crippen molar-refractivity contribution in [3.8, 4) is 0 Å². The summed E-state index contributed by atoms with van der Waals surface area (Å²) < 4.78 is 0. The molecule has 0 saturated carbocycles. The lowest BCUT2D eigenvalue weighted by Crippen LogP contribution is -2.25. The Labute approximate surface area is 75.9 Å². The second kappa shape index (κ2) is 3.84. The SMILES string of the molecule is C=C(C)CCN=C1NC(=O)C(=O)N1. The van der Waals surface area contributed by atoms with Crippen molar-refractivity contribution < 1.29 is 9.59 Å². The van der Waals surface area contributed by atoms with Gasteiger partial charge in [-0.3, -0.25) is 25.2 Å². The molecule has 0 unspecified atom stereocenters. The first kappa shape index (κ1) is 9.44. The summed E-state index contributed by atoms with van der Waals surface area (Å²) in [7, 11) is 0. The summed E-state index contributed by atoms with van der Waals surface area (Å²) in [6.45, 7) is 6.12. The molecule has 0 aromatic carbocycles. The van der Waals surface area contributed by atoms with Crippen LogP contribution in [-0.2, 0) is 9.59 Å². The molecule has 0 aromatic rings. The molecule has 1 aliphatic rings.